The smallest absolute Gasteiger partial charge is 0.252 e. The van der Waals surface area contributed by atoms with Crippen LogP contribution in [0, 0.1) is 11.8 Å². The number of aromatic nitrogens is 4. The van der Waals surface area contributed by atoms with Gasteiger partial charge in [0.25, 0.3) is 5.91 Å². The maximum absolute atomic E-state index is 12.1. The normalized spacial score (nSPS) is 26.5. The van der Waals surface area contributed by atoms with Crippen LogP contribution >= 0.6 is 11.8 Å². The van der Waals surface area contributed by atoms with Crippen molar-refractivity contribution in [1.29, 1.82) is 0 Å². The van der Waals surface area contributed by atoms with Crippen LogP contribution in [-0.4, -0.2) is 96.5 Å². The molecule has 2 aromatic heterocycles. The standard InChI is InChI=1S/C19H25N7O4S/c1-2-21-18(29)15-13(27)14(28)19(30-15)26-10-22-12-16(20)23-11(24-17(12)26)4-3-5-25-6-8-31-9-7-25/h10,13-15,19,27-28H,2,5-9H2,1H3,(H,21,29)(H2,20,23,24)/t13-,14+,15-,19?/m0/s1. The number of nitrogens with zero attached hydrogens (tertiary/aromatic N) is 5. The molecule has 0 bridgehead atoms. The molecule has 4 atom stereocenters. The van der Waals surface area contributed by atoms with Gasteiger partial charge in [-0.1, -0.05) is 5.92 Å². The van der Waals surface area contributed by atoms with Crippen LogP contribution in [0.4, 0.5) is 5.82 Å². The number of imidazole rings is 1. The van der Waals surface area contributed by atoms with E-state index in [1.807, 2.05) is 11.8 Å². The third-order valence-corrected chi connectivity index (χ3v) is 6.12. The Bertz CT molecular complexity index is 1010. The van der Waals surface area contributed by atoms with Gasteiger partial charge in [-0.3, -0.25) is 14.3 Å². The molecule has 11 nitrogen and oxygen atoms in total. The Morgan fingerprint density at radius 1 is 1.35 bits per heavy atom. The number of aliphatic hydroxyl groups excluding tert-OH is 2. The second-order valence-electron chi connectivity index (χ2n) is 7.27. The summed E-state index contributed by atoms with van der Waals surface area (Å²) in [5, 5.41) is 23.4. The molecule has 0 aromatic carbocycles. The van der Waals surface area contributed by atoms with Crippen molar-refractivity contribution in [3.63, 3.8) is 0 Å². The minimum atomic E-state index is -1.39. The molecule has 31 heavy (non-hydrogen) atoms. The lowest BCUT2D eigenvalue weighted by Gasteiger charge is -2.23. The van der Waals surface area contributed by atoms with Gasteiger partial charge in [0.15, 0.2) is 23.8 Å². The molecule has 0 aliphatic carbocycles. The van der Waals surface area contributed by atoms with Crippen LogP contribution in [0.15, 0.2) is 6.33 Å². The fourth-order valence-electron chi connectivity index (χ4n) is 3.55. The minimum Gasteiger partial charge on any atom is -0.387 e. The van der Waals surface area contributed by atoms with Crippen LogP contribution in [0.25, 0.3) is 11.2 Å². The lowest BCUT2D eigenvalue weighted by atomic mass is 10.1. The lowest BCUT2D eigenvalue weighted by Crippen LogP contribution is -2.42. The number of likely N-dealkylation sites (N-methyl/N-ethyl adjacent to an activating group) is 1. The zero-order valence-corrected chi connectivity index (χ0v) is 17.9. The number of aliphatic hydroxyl groups is 2. The van der Waals surface area contributed by atoms with Crippen LogP contribution in [0.1, 0.15) is 19.0 Å². The summed E-state index contributed by atoms with van der Waals surface area (Å²) in [6, 6.07) is 0. The van der Waals surface area contributed by atoms with Gasteiger partial charge >= 0.3 is 0 Å². The Hall–Kier alpha value is -2.43. The van der Waals surface area contributed by atoms with Crippen molar-refractivity contribution in [3.8, 4) is 11.8 Å². The van der Waals surface area contributed by atoms with Gasteiger partial charge in [0.05, 0.1) is 12.9 Å². The van der Waals surface area contributed by atoms with Crippen molar-refractivity contribution in [1.82, 2.24) is 29.7 Å². The number of hydrogen-bond donors (Lipinski definition) is 4. The number of nitrogens with two attached hydrogens (primary N) is 1. The molecule has 0 radical (unpaired) electrons. The van der Waals surface area contributed by atoms with E-state index in [-0.39, 0.29) is 11.6 Å². The predicted octanol–water partition coefficient (Wildman–Crippen LogP) is -1.44. The van der Waals surface area contributed by atoms with Crippen molar-refractivity contribution >= 4 is 34.7 Å². The summed E-state index contributed by atoms with van der Waals surface area (Å²) < 4.78 is 7.10. The fourth-order valence-corrected chi connectivity index (χ4v) is 4.53. The number of thioether (sulfide) groups is 1. The summed E-state index contributed by atoms with van der Waals surface area (Å²) in [5.74, 6) is 8.09. The van der Waals surface area contributed by atoms with Gasteiger partial charge in [-0.05, 0) is 12.8 Å². The van der Waals surface area contributed by atoms with E-state index in [0.29, 0.717) is 24.3 Å². The average Bonchev–Trinajstić information content (AvgIpc) is 3.31. The van der Waals surface area contributed by atoms with E-state index >= 15 is 0 Å². The highest BCUT2D eigenvalue weighted by molar-refractivity contribution is 7.99. The van der Waals surface area contributed by atoms with E-state index in [4.69, 9.17) is 10.5 Å². The van der Waals surface area contributed by atoms with Gasteiger partial charge < -0.3 is 26.0 Å². The molecule has 2 aliphatic heterocycles. The first-order chi connectivity index (χ1) is 15.0. The molecular weight excluding hydrogens is 422 g/mol. The Kier molecular flexibility index (Phi) is 6.59. The quantitative estimate of drug-likeness (QED) is 0.410. The highest BCUT2D eigenvalue weighted by Gasteiger charge is 2.47. The van der Waals surface area contributed by atoms with E-state index < -0.39 is 30.4 Å². The lowest BCUT2D eigenvalue weighted by molar-refractivity contribution is -0.137. The topological polar surface area (TPSA) is 152 Å². The van der Waals surface area contributed by atoms with E-state index in [1.54, 1.807) is 6.92 Å². The Balaban J connectivity index is 1.58. The molecule has 2 aromatic rings. The Labute approximate surface area is 183 Å². The summed E-state index contributed by atoms with van der Waals surface area (Å²) in [4.78, 5) is 27.2. The third-order valence-electron chi connectivity index (χ3n) is 5.18. The third kappa shape index (κ3) is 4.46. The average molecular weight is 448 g/mol. The molecule has 166 valence electrons. The number of hydrogen-bond acceptors (Lipinski definition) is 10. The van der Waals surface area contributed by atoms with E-state index in [2.05, 4.69) is 37.0 Å². The molecule has 4 rings (SSSR count). The number of nitrogens with one attached hydrogen (secondary N) is 1. The van der Waals surface area contributed by atoms with Crippen LogP contribution in [0.5, 0.6) is 0 Å². The number of anilines is 1. The zero-order chi connectivity index (χ0) is 22.0. The van der Waals surface area contributed by atoms with Crippen molar-refractivity contribution in [2.75, 3.05) is 43.4 Å². The maximum Gasteiger partial charge on any atom is 0.252 e. The van der Waals surface area contributed by atoms with Crippen molar-refractivity contribution < 1.29 is 19.7 Å². The van der Waals surface area contributed by atoms with Crippen molar-refractivity contribution in [2.45, 2.75) is 31.5 Å². The number of ether oxygens (including phenoxy) is 1. The highest BCUT2D eigenvalue weighted by atomic mass is 32.2. The minimum absolute atomic E-state index is 0.149. The van der Waals surface area contributed by atoms with Gasteiger partial charge in [0.2, 0.25) is 5.82 Å². The monoisotopic (exact) mass is 447 g/mol. The van der Waals surface area contributed by atoms with Crippen molar-refractivity contribution in [3.05, 3.63) is 12.2 Å². The molecule has 2 fully saturated rings. The SMILES string of the molecule is CCNC(=O)[C@H]1OC(n2cnc3c(N)nc(C#CCN4CCSCC4)nc32)[C@H](O)[C@@H]1O. The number of carbonyl (C=O) groups is 1. The van der Waals surface area contributed by atoms with Gasteiger partial charge in [-0.2, -0.15) is 11.8 Å². The molecular formula is C19H25N7O4S. The number of rotatable bonds is 4. The van der Waals surface area contributed by atoms with Crippen LogP contribution in [0.2, 0.25) is 0 Å². The van der Waals surface area contributed by atoms with Crippen LogP contribution in [-0.2, 0) is 9.53 Å². The van der Waals surface area contributed by atoms with Gasteiger partial charge in [0, 0.05) is 31.1 Å². The summed E-state index contributed by atoms with van der Waals surface area (Å²) in [7, 11) is 0. The summed E-state index contributed by atoms with van der Waals surface area (Å²) >= 11 is 1.94. The highest BCUT2D eigenvalue weighted by Crippen LogP contribution is 2.32. The number of fused-ring (bicyclic) bond motifs is 1. The molecule has 2 aliphatic rings. The molecule has 0 saturated carbocycles. The van der Waals surface area contributed by atoms with E-state index in [1.165, 1.54) is 10.9 Å². The number of amides is 1. The fraction of sp³-hybridized carbons (Fsp3) is 0.579. The van der Waals surface area contributed by atoms with Crippen LogP contribution in [0.3, 0.4) is 0 Å². The molecule has 0 spiro atoms. The largest absolute Gasteiger partial charge is 0.387 e. The van der Waals surface area contributed by atoms with Crippen LogP contribution < -0.4 is 11.1 Å². The summed E-state index contributed by atoms with van der Waals surface area (Å²) in [6.07, 6.45) is -3.63. The van der Waals surface area contributed by atoms with Gasteiger partial charge in [-0.15, -0.1) is 0 Å². The Morgan fingerprint density at radius 3 is 2.87 bits per heavy atom. The van der Waals surface area contributed by atoms with Crippen molar-refractivity contribution in [2.24, 2.45) is 0 Å². The summed E-state index contributed by atoms with van der Waals surface area (Å²) in [6.45, 7) is 4.75. The number of carbonyl (C=O) groups excluding carboxylic acids is 1. The molecule has 4 heterocycles. The zero-order valence-electron chi connectivity index (χ0n) is 17.1. The van der Waals surface area contributed by atoms with Gasteiger partial charge in [-0.25, -0.2) is 15.0 Å². The first-order valence-electron chi connectivity index (χ1n) is 10.1. The first-order valence-corrected chi connectivity index (χ1v) is 11.2. The Morgan fingerprint density at radius 2 is 2.13 bits per heavy atom. The van der Waals surface area contributed by atoms with Gasteiger partial charge in [0.1, 0.15) is 17.7 Å². The summed E-state index contributed by atoms with van der Waals surface area (Å²) in [5.41, 5.74) is 6.66. The van der Waals surface area contributed by atoms with E-state index in [9.17, 15) is 15.0 Å². The maximum atomic E-state index is 12.1. The second kappa shape index (κ2) is 9.37. The molecule has 2 saturated heterocycles. The van der Waals surface area contributed by atoms with E-state index in [0.717, 1.165) is 24.6 Å². The first kappa shape index (κ1) is 21.8. The number of nitrogen functional groups attached to an aromatic ring is 1. The predicted molar refractivity (Wildman–Crippen MR) is 115 cm³/mol. The molecule has 1 unspecified atom stereocenters. The second-order valence-corrected chi connectivity index (χ2v) is 8.49. The molecule has 5 N–H and O–H groups in total. The molecule has 1 amide bonds. The molecule has 12 heteroatoms.